The highest BCUT2D eigenvalue weighted by Gasteiger charge is 2.28. The first-order valence-electron chi connectivity index (χ1n) is 11.9. The Morgan fingerprint density at radius 2 is 2.03 bits per heavy atom. The number of hydrogen-bond acceptors (Lipinski definition) is 6. The number of aromatic amines is 1. The number of H-pyrrole nitrogens is 1. The van der Waals surface area contributed by atoms with Gasteiger partial charge in [0.15, 0.2) is 0 Å². The summed E-state index contributed by atoms with van der Waals surface area (Å²) >= 11 is 6.28. The minimum atomic E-state index is -1.19. The van der Waals surface area contributed by atoms with Gasteiger partial charge in [0, 0.05) is 40.6 Å². The van der Waals surface area contributed by atoms with Crippen LogP contribution in [0.1, 0.15) is 24.0 Å². The summed E-state index contributed by atoms with van der Waals surface area (Å²) in [5.41, 5.74) is 3.58. The van der Waals surface area contributed by atoms with Crippen molar-refractivity contribution in [2.45, 2.75) is 18.9 Å². The summed E-state index contributed by atoms with van der Waals surface area (Å²) in [5, 5.41) is 21.0. The number of carbonyl (C=O) groups is 1. The van der Waals surface area contributed by atoms with Crippen LogP contribution >= 0.6 is 11.6 Å². The molecule has 0 saturated heterocycles. The number of aryl methyl sites for hydroxylation is 1. The first-order chi connectivity index (χ1) is 18.8. The molecule has 196 valence electrons. The van der Waals surface area contributed by atoms with Gasteiger partial charge in [-0.2, -0.15) is 4.68 Å². The Morgan fingerprint density at radius 3 is 2.77 bits per heavy atom. The van der Waals surface area contributed by atoms with E-state index in [9.17, 15) is 14.0 Å². The Morgan fingerprint density at radius 1 is 1.18 bits per heavy atom. The maximum absolute atomic E-state index is 14.9. The van der Waals surface area contributed by atoms with Gasteiger partial charge in [-0.25, -0.2) is 14.2 Å². The number of pyridine rings is 1. The van der Waals surface area contributed by atoms with Crippen molar-refractivity contribution in [1.29, 1.82) is 0 Å². The number of nitrogens with zero attached hydrogens (tertiary/aromatic N) is 7. The number of aromatic nitrogens is 7. The highest BCUT2D eigenvalue weighted by molar-refractivity contribution is 6.31. The summed E-state index contributed by atoms with van der Waals surface area (Å²) in [4.78, 5) is 33.1. The molecule has 11 nitrogen and oxygen atoms in total. The van der Waals surface area contributed by atoms with Crippen LogP contribution in [-0.4, -0.2) is 53.0 Å². The quantitative estimate of drug-likeness (QED) is 0.335. The highest BCUT2D eigenvalue weighted by Crippen LogP contribution is 2.35. The van der Waals surface area contributed by atoms with E-state index in [2.05, 4.69) is 25.5 Å². The van der Waals surface area contributed by atoms with Crippen LogP contribution in [0.15, 0.2) is 65.8 Å². The molecule has 1 amide bonds. The smallest absolute Gasteiger partial charge is 0.411 e. The Kier molecular flexibility index (Phi) is 5.95. The standard InChI is InChI=1S/C26H20ClFN8O3/c1-34(26(38)39)16-3-5-18(20(28)11-16)21-12-29-25(31-21)23-7-4-17-8-14(9-24(37)36(17)23)19-10-15(27)2-6-22(19)35-13-30-32-33-35/h2-3,5-6,8-13,23H,4,7H2,1H3,(H,29,31)(H,38,39). The number of carboxylic acid groups (broad SMARTS) is 1. The van der Waals surface area contributed by atoms with Crippen LogP contribution in [0.2, 0.25) is 5.02 Å². The van der Waals surface area contributed by atoms with Gasteiger partial charge in [0.2, 0.25) is 0 Å². The van der Waals surface area contributed by atoms with Crippen molar-refractivity contribution in [3.63, 3.8) is 0 Å². The second kappa shape index (κ2) is 9.48. The predicted octanol–water partition coefficient (Wildman–Crippen LogP) is 4.32. The van der Waals surface area contributed by atoms with E-state index in [-0.39, 0.29) is 22.9 Å². The zero-order valence-corrected chi connectivity index (χ0v) is 21.2. The number of tetrazole rings is 1. The monoisotopic (exact) mass is 546 g/mol. The zero-order chi connectivity index (χ0) is 27.3. The second-order valence-electron chi connectivity index (χ2n) is 9.10. The Bertz CT molecular complexity index is 1780. The molecule has 0 spiro atoms. The Balaban J connectivity index is 1.34. The summed E-state index contributed by atoms with van der Waals surface area (Å²) in [7, 11) is 1.34. The first kappa shape index (κ1) is 24.5. The van der Waals surface area contributed by atoms with Crippen molar-refractivity contribution < 1.29 is 14.3 Å². The van der Waals surface area contributed by atoms with Crippen LogP contribution in [0.5, 0.6) is 0 Å². The lowest BCUT2D eigenvalue weighted by Gasteiger charge is -2.15. The van der Waals surface area contributed by atoms with E-state index in [1.165, 1.54) is 36.4 Å². The van der Waals surface area contributed by atoms with Gasteiger partial charge in [-0.15, -0.1) is 5.10 Å². The molecule has 2 aromatic carbocycles. The third kappa shape index (κ3) is 4.34. The minimum absolute atomic E-state index is 0.207. The number of halogens is 2. The largest absolute Gasteiger partial charge is 0.465 e. The predicted molar refractivity (Wildman–Crippen MR) is 141 cm³/mol. The SMILES string of the molecule is CN(C(=O)O)c1ccc(-c2cnc(C3CCc4cc(-c5cc(Cl)ccc5-n5cnnn5)cc(=O)n43)[nH]2)c(F)c1. The van der Waals surface area contributed by atoms with Crippen molar-refractivity contribution in [3.8, 4) is 28.1 Å². The Labute approximate surface area is 225 Å². The van der Waals surface area contributed by atoms with Crippen molar-refractivity contribution >= 4 is 23.4 Å². The van der Waals surface area contributed by atoms with Gasteiger partial charge in [0.1, 0.15) is 18.0 Å². The molecule has 39 heavy (non-hydrogen) atoms. The molecule has 0 bridgehead atoms. The maximum Gasteiger partial charge on any atom is 0.411 e. The van der Waals surface area contributed by atoms with E-state index < -0.39 is 11.9 Å². The number of benzene rings is 2. The average Bonchev–Trinajstić information content (AvgIpc) is 3.69. The molecule has 1 atom stereocenters. The van der Waals surface area contributed by atoms with E-state index in [0.29, 0.717) is 46.2 Å². The second-order valence-corrected chi connectivity index (χ2v) is 9.54. The molecule has 13 heteroatoms. The molecule has 0 fully saturated rings. The molecule has 0 radical (unpaired) electrons. The van der Waals surface area contributed by atoms with Gasteiger partial charge >= 0.3 is 6.09 Å². The summed E-state index contributed by atoms with van der Waals surface area (Å²) in [6.45, 7) is 0. The lowest BCUT2D eigenvalue weighted by atomic mass is 10.0. The van der Waals surface area contributed by atoms with Gasteiger partial charge in [0.05, 0.1) is 23.6 Å². The van der Waals surface area contributed by atoms with Crippen LogP contribution in [0, 0.1) is 5.82 Å². The summed E-state index contributed by atoms with van der Waals surface area (Å²) in [6, 6.07) is 12.6. The molecule has 1 aliphatic rings. The van der Waals surface area contributed by atoms with Gasteiger partial charge in [0.25, 0.3) is 5.56 Å². The number of amides is 1. The maximum atomic E-state index is 14.9. The van der Waals surface area contributed by atoms with E-state index in [0.717, 1.165) is 16.7 Å². The van der Waals surface area contributed by atoms with E-state index in [4.69, 9.17) is 16.7 Å². The van der Waals surface area contributed by atoms with E-state index >= 15 is 0 Å². The van der Waals surface area contributed by atoms with E-state index in [1.54, 1.807) is 28.8 Å². The van der Waals surface area contributed by atoms with Crippen LogP contribution in [-0.2, 0) is 6.42 Å². The minimum Gasteiger partial charge on any atom is -0.465 e. The fraction of sp³-hybridized carbons (Fsp3) is 0.154. The number of anilines is 1. The van der Waals surface area contributed by atoms with Crippen LogP contribution < -0.4 is 10.5 Å². The molecule has 0 aliphatic carbocycles. The van der Waals surface area contributed by atoms with Gasteiger partial charge in [-0.3, -0.25) is 9.69 Å². The summed E-state index contributed by atoms with van der Waals surface area (Å²) in [5.74, 6) is -0.0637. The lowest BCUT2D eigenvalue weighted by Crippen LogP contribution is -2.24. The third-order valence-electron chi connectivity index (χ3n) is 6.83. The van der Waals surface area contributed by atoms with Gasteiger partial charge < -0.3 is 14.7 Å². The fourth-order valence-corrected chi connectivity index (χ4v) is 5.08. The van der Waals surface area contributed by atoms with Crippen molar-refractivity contribution in [2.24, 2.45) is 0 Å². The first-order valence-corrected chi connectivity index (χ1v) is 12.3. The van der Waals surface area contributed by atoms with Crippen molar-refractivity contribution in [3.05, 3.63) is 93.8 Å². The number of nitrogens with one attached hydrogen (secondary N) is 1. The normalized spacial score (nSPS) is 14.4. The van der Waals surface area contributed by atoms with Crippen molar-refractivity contribution in [2.75, 3.05) is 11.9 Å². The molecule has 6 rings (SSSR count). The summed E-state index contributed by atoms with van der Waals surface area (Å²) in [6.07, 6.45) is 3.05. The fourth-order valence-electron chi connectivity index (χ4n) is 4.90. The third-order valence-corrected chi connectivity index (χ3v) is 7.06. The topological polar surface area (TPSA) is 135 Å². The van der Waals surface area contributed by atoms with Crippen LogP contribution in [0.25, 0.3) is 28.1 Å². The molecule has 0 saturated carbocycles. The molecule has 2 N–H and O–H groups in total. The Hall–Kier alpha value is -4.84. The molecular weight excluding hydrogens is 527 g/mol. The molecule has 3 aromatic heterocycles. The molecule has 5 aromatic rings. The molecule has 4 heterocycles. The van der Waals surface area contributed by atoms with Crippen LogP contribution in [0.4, 0.5) is 14.9 Å². The van der Waals surface area contributed by atoms with Gasteiger partial charge in [-0.1, -0.05) is 11.6 Å². The molecular formula is C26H20ClFN8O3. The lowest BCUT2D eigenvalue weighted by molar-refractivity contribution is 0.203. The average molecular weight is 547 g/mol. The molecule has 1 aliphatic heterocycles. The highest BCUT2D eigenvalue weighted by atomic mass is 35.5. The zero-order valence-electron chi connectivity index (χ0n) is 20.4. The number of imidazole rings is 1. The number of fused-ring (bicyclic) bond motifs is 1. The van der Waals surface area contributed by atoms with Gasteiger partial charge in [-0.05, 0) is 71.3 Å². The summed E-state index contributed by atoms with van der Waals surface area (Å²) < 4.78 is 18.1. The van der Waals surface area contributed by atoms with Crippen molar-refractivity contribution in [1.82, 2.24) is 34.7 Å². The number of hydrogen-bond donors (Lipinski definition) is 2. The van der Waals surface area contributed by atoms with Crippen LogP contribution in [0.3, 0.4) is 0 Å². The molecule has 1 unspecified atom stereocenters. The number of rotatable bonds is 5. The van der Waals surface area contributed by atoms with E-state index in [1.807, 2.05) is 6.07 Å².